The number of anilines is 1. The van der Waals surface area contributed by atoms with Gasteiger partial charge in [0.15, 0.2) is 5.78 Å². The molecule has 1 atom stereocenters. The van der Waals surface area contributed by atoms with Crippen LogP contribution in [0, 0.1) is 11.8 Å². The van der Waals surface area contributed by atoms with Crippen LogP contribution in [0.1, 0.15) is 40.5 Å². The third kappa shape index (κ3) is 4.70. The van der Waals surface area contributed by atoms with Crippen LogP contribution >= 0.6 is 0 Å². The molecule has 1 aromatic carbocycles. The molecule has 0 aliphatic carbocycles. The Bertz CT molecular complexity index is 1430. The molecule has 10 heteroatoms. The summed E-state index contributed by atoms with van der Waals surface area (Å²) in [6.45, 7) is 2.82. The van der Waals surface area contributed by atoms with Crippen molar-refractivity contribution >= 4 is 28.6 Å². The van der Waals surface area contributed by atoms with Crippen molar-refractivity contribution in [1.82, 2.24) is 14.1 Å². The maximum atomic E-state index is 13.7. The fourth-order valence-corrected chi connectivity index (χ4v) is 4.54. The molecule has 1 aliphatic heterocycles. The fraction of sp³-hybridized carbons (Fsp3) is 0.385. The summed E-state index contributed by atoms with van der Waals surface area (Å²) >= 11 is 0. The Kier molecular flexibility index (Phi) is 7.41. The number of hydrogen-bond acceptors (Lipinski definition) is 8. The van der Waals surface area contributed by atoms with E-state index in [2.05, 4.69) is 16.8 Å². The van der Waals surface area contributed by atoms with E-state index in [4.69, 9.17) is 15.2 Å². The molecule has 1 fully saturated rings. The first-order valence-electron chi connectivity index (χ1n) is 11.7. The zero-order chi connectivity index (χ0) is 25.8. The SMILES string of the molecule is CC#CCn1c(N2CCC[C@@H](N)C2)c(C(=O)OC)c2ncn(CC(=O)c3cccc(OC)c3)c(=O)c21. The van der Waals surface area contributed by atoms with Gasteiger partial charge < -0.3 is 24.7 Å². The van der Waals surface area contributed by atoms with Crippen molar-refractivity contribution in [3.63, 3.8) is 0 Å². The lowest BCUT2D eigenvalue weighted by Gasteiger charge is -2.33. The summed E-state index contributed by atoms with van der Waals surface area (Å²) in [4.78, 5) is 46.1. The van der Waals surface area contributed by atoms with E-state index in [0.29, 0.717) is 30.2 Å². The molecule has 0 unspecified atom stereocenters. The Hall–Kier alpha value is -4.10. The lowest BCUT2D eigenvalue weighted by atomic mass is 10.1. The first-order valence-corrected chi connectivity index (χ1v) is 11.7. The van der Waals surface area contributed by atoms with Crippen LogP contribution in [0.2, 0.25) is 0 Å². The first kappa shape index (κ1) is 25.0. The highest BCUT2D eigenvalue weighted by atomic mass is 16.5. The van der Waals surface area contributed by atoms with Crippen molar-refractivity contribution in [3.05, 3.63) is 52.1 Å². The summed E-state index contributed by atoms with van der Waals surface area (Å²) in [5, 5.41) is 0. The molecule has 1 saturated heterocycles. The van der Waals surface area contributed by atoms with Crippen LogP contribution in [0.4, 0.5) is 5.82 Å². The van der Waals surface area contributed by atoms with Crippen molar-refractivity contribution in [1.29, 1.82) is 0 Å². The minimum Gasteiger partial charge on any atom is -0.497 e. The van der Waals surface area contributed by atoms with E-state index in [1.807, 2.05) is 4.90 Å². The predicted molar refractivity (Wildman–Crippen MR) is 136 cm³/mol. The molecular weight excluding hydrogens is 462 g/mol. The van der Waals surface area contributed by atoms with Gasteiger partial charge in [-0.3, -0.25) is 14.2 Å². The summed E-state index contributed by atoms with van der Waals surface area (Å²) in [5.41, 5.74) is 6.78. The fourth-order valence-electron chi connectivity index (χ4n) is 4.54. The van der Waals surface area contributed by atoms with Gasteiger partial charge in [0, 0.05) is 24.7 Å². The Morgan fingerprint density at radius 1 is 1.28 bits per heavy atom. The average molecular weight is 492 g/mol. The Balaban J connectivity index is 1.88. The van der Waals surface area contributed by atoms with E-state index in [0.717, 1.165) is 12.8 Å². The van der Waals surface area contributed by atoms with E-state index in [9.17, 15) is 14.4 Å². The molecule has 10 nitrogen and oxygen atoms in total. The van der Waals surface area contributed by atoms with Gasteiger partial charge in [0.05, 0.1) is 33.6 Å². The van der Waals surface area contributed by atoms with Gasteiger partial charge in [-0.1, -0.05) is 18.1 Å². The molecule has 2 N–H and O–H groups in total. The van der Waals surface area contributed by atoms with E-state index in [1.54, 1.807) is 35.8 Å². The van der Waals surface area contributed by atoms with Crippen LogP contribution in [-0.4, -0.2) is 59.2 Å². The molecule has 0 spiro atoms. The van der Waals surface area contributed by atoms with Crippen LogP contribution < -0.4 is 20.9 Å². The smallest absolute Gasteiger partial charge is 0.343 e. The molecule has 188 valence electrons. The van der Waals surface area contributed by atoms with Gasteiger partial charge in [-0.15, -0.1) is 5.92 Å². The molecule has 4 rings (SSSR count). The monoisotopic (exact) mass is 491 g/mol. The Morgan fingerprint density at radius 2 is 2.08 bits per heavy atom. The van der Waals surface area contributed by atoms with Crippen LogP contribution in [0.5, 0.6) is 5.75 Å². The van der Waals surface area contributed by atoms with E-state index in [-0.39, 0.29) is 41.5 Å². The number of carbonyl (C=O) groups excluding carboxylic acids is 2. The van der Waals surface area contributed by atoms with Crippen LogP contribution in [0.25, 0.3) is 11.0 Å². The quantitative estimate of drug-likeness (QED) is 0.302. The Labute approximate surface area is 208 Å². The molecule has 3 heterocycles. The van der Waals surface area contributed by atoms with Gasteiger partial charge in [-0.25, -0.2) is 9.78 Å². The molecule has 0 radical (unpaired) electrons. The number of hydrogen-bond donors (Lipinski definition) is 1. The topological polar surface area (TPSA) is 122 Å². The van der Waals surface area contributed by atoms with Gasteiger partial charge in [0.2, 0.25) is 0 Å². The molecule has 0 saturated carbocycles. The van der Waals surface area contributed by atoms with Crippen molar-refractivity contribution in [3.8, 4) is 17.6 Å². The highest BCUT2D eigenvalue weighted by Crippen LogP contribution is 2.32. The van der Waals surface area contributed by atoms with Gasteiger partial charge in [0.25, 0.3) is 5.56 Å². The number of methoxy groups -OCH3 is 2. The lowest BCUT2D eigenvalue weighted by Crippen LogP contribution is -2.44. The number of nitrogens with zero attached hydrogens (tertiary/aromatic N) is 4. The van der Waals surface area contributed by atoms with Crippen molar-refractivity contribution in [2.75, 3.05) is 32.2 Å². The van der Waals surface area contributed by atoms with Gasteiger partial charge >= 0.3 is 5.97 Å². The zero-order valence-corrected chi connectivity index (χ0v) is 20.6. The maximum absolute atomic E-state index is 13.7. The molecule has 3 aromatic rings. The third-order valence-corrected chi connectivity index (χ3v) is 6.27. The van der Waals surface area contributed by atoms with E-state index in [1.165, 1.54) is 25.1 Å². The summed E-state index contributed by atoms with van der Waals surface area (Å²) in [5.74, 6) is 6.01. The van der Waals surface area contributed by atoms with E-state index < -0.39 is 11.5 Å². The second kappa shape index (κ2) is 10.7. The standard InChI is InChI=1S/C26H29N5O5/c1-4-5-12-31-23-22(21(26(34)36-3)24(31)29-11-7-9-18(27)14-29)28-16-30(25(23)33)15-20(32)17-8-6-10-19(13-17)35-2/h6,8,10,13,16,18H,7,9,11-12,14-15,27H2,1-3H3/t18-/m1/s1. The number of fused-ring (bicyclic) bond motifs is 1. The molecule has 0 amide bonds. The number of Topliss-reactive ketones (excluding diaryl/α,β-unsaturated/α-hetero) is 1. The number of benzene rings is 1. The van der Waals surface area contributed by atoms with Gasteiger partial charge in [0.1, 0.15) is 28.2 Å². The number of ketones is 1. The second-order valence-corrected chi connectivity index (χ2v) is 8.58. The number of nitrogens with two attached hydrogens (primary N) is 1. The van der Waals surface area contributed by atoms with Gasteiger partial charge in [-0.05, 0) is 31.9 Å². The highest BCUT2D eigenvalue weighted by molar-refractivity contribution is 6.08. The number of esters is 1. The predicted octanol–water partition coefficient (Wildman–Crippen LogP) is 1.83. The lowest BCUT2D eigenvalue weighted by molar-refractivity contribution is 0.0603. The van der Waals surface area contributed by atoms with Crippen LogP contribution in [0.15, 0.2) is 35.4 Å². The number of carbonyl (C=O) groups is 2. The zero-order valence-electron chi connectivity index (χ0n) is 20.6. The molecule has 0 bridgehead atoms. The first-order chi connectivity index (χ1) is 17.4. The molecule has 2 aromatic heterocycles. The number of piperidine rings is 1. The molecule has 1 aliphatic rings. The minimum atomic E-state index is -0.602. The van der Waals surface area contributed by atoms with Crippen LogP contribution in [-0.2, 0) is 17.8 Å². The summed E-state index contributed by atoms with van der Waals surface area (Å²) in [7, 11) is 2.81. The van der Waals surface area contributed by atoms with Crippen molar-refractivity contribution < 1.29 is 19.1 Å². The summed E-state index contributed by atoms with van der Waals surface area (Å²) in [6, 6.07) is 6.65. The number of rotatable bonds is 7. The third-order valence-electron chi connectivity index (χ3n) is 6.27. The summed E-state index contributed by atoms with van der Waals surface area (Å²) in [6.07, 6.45) is 3.00. The van der Waals surface area contributed by atoms with Gasteiger partial charge in [-0.2, -0.15) is 0 Å². The number of ether oxygens (including phenoxy) is 2. The normalized spacial score (nSPS) is 15.3. The molecule has 36 heavy (non-hydrogen) atoms. The van der Waals surface area contributed by atoms with Crippen molar-refractivity contribution in [2.45, 2.75) is 38.9 Å². The number of aromatic nitrogens is 3. The Morgan fingerprint density at radius 3 is 2.78 bits per heavy atom. The van der Waals surface area contributed by atoms with Crippen molar-refractivity contribution in [2.24, 2.45) is 5.73 Å². The highest BCUT2D eigenvalue weighted by Gasteiger charge is 2.32. The van der Waals surface area contributed by atoms with E-state index >= 15 is 0 Å². The minimum absolute atomic E-state index is 0.0712. The largest absolute Gasteiger partial charge is 0.497 e. The average Bonchev–Trinajstić information content (AvgIpc) is 3.23. The summed E-state index contributed by atoms with van der Waals surface area (Å²) < 4.78 is 13.2. The second-order valence-electron chi connectivity index (χ2n) is 8.58. The van der Waals surface area contributed by atoms with Crippen LogP contribution in [0.3, 0.4) is 0 Å². The molecular formula is C26H29N5O5. The maximum Gasteiger partial charge on any atom is 0.343 e.